The van der Waals surface area contributed by atoms with Gasteiger partial charge in [-0.15, -0.1) is 0 Å². The molecule has 1 heterocycles. The molecule has 1 aromatic rings. The van der Waals surface area contributed by atoms with E-state index in [9.17, 15) is 14.4 Å². The first-order valence-corrected chi connectivity index (χ1v) is 15.6. The lowest BCUT2D eigenvalue weighted by Gasteiger charge is -2.35. The van der Waals surface area contributed by atoms with Crippen LogP contribution in [0.1, 0.15) is 80.2 Å². The van der Waals surface area contributed by atoms with E-state index in [2.05, 4.69) is 58.5 Å². The number of likely N-dealkylation sites (tertiary alicyclic amines) is 1. The van der Waals surface area contributed by atoms with Crippen molar-refractivity contribution >= 4 is 24.2 Å². The Morgan fingerprint density at radius 2 is 1.53 bits per heavy atom. The van der Waals surface area contributed by atoms with E-state index in [1.54, 1.807) is 11.9 Å². The molecule has 0 aromatic heterocycles. The highest BCUT2D eigenvalue weighted by Crippen LogP contribution is 2.33. The Hall–Kier alpha value is -2.94. The van der Waals surface area contributed by atoms with E-state index in [0.29, 0.717) is 26.0 Å². The van der Waals surface area contributed by atoms with Gasteiger partial charge in [-0.05, 0) is 43.7 Å². The molecule has 0 saturated carbocycles. The predicted octanol–water partition coefficient (Wildman–Crippen LogP) is 4.60. The van der Waals surface area contributed by atoms with Crippen molar-refractivity contribution in [2.75, 3.05) is 53.9 Å². The van der Waals surface area contributed by atoms with Gasteiger partial charge in [-0.1, -0.05) is 85.7 Å². The van der Waals surface area contributed by atoms with E-state index in [4.69, 9.17) is 4.79 Å². The molecule has 9 nitrogen and oxygen atoms in total. The second-order valence-corrected chi connectivity index (χ2v) is 12.9. The first kappa shape index (κ1) is 40.1. The summed E-state index contributed by atoms with van der Waals surface area (Å²) in [6, 6.07) is 9.99. The molecule has 0 aliphatic carbocycles. The fraction of sp³-hybridized carbons (Fsp3) is 0.706. The van der Waals surface area contributed by atoms with Crippen LogP contribution in [0.4, 0.5) is 0 Å². The Kier molecular flexibility index (Phi) is 19.4. The van der Waals surface area contributed by atoms with Crippen molar-refractivity contribution in [3.63, 3.8) is 0 Å². The number of carbonyl (C=O) groups excluding carboxylic acids is 4. The van der Waals surface area contributed by atoms with Crippen LogP contribution in [0.5, 0.6) is 0 Å². The summed E-state index contributed by atoms with van der Waals surface area (Å²) in [6.45, 7) is 19.8. The summed E-state index contributed by atoms with van der Waals surface area (Å²) in [5.74, 6) is 0.734. The lowest BCUT2D eigenvalue weighted by atomic mass is 9.71. The molecule has 1 aliphatic heterocycles. The largest absolute Gasteiger partial charge is 0.471 e. The molecular weight excluding hydrogens is 544 g/mol. The second kappa shape index (κ2) is 20.9. The molecule has 0 radical (unpaired) electrons. The summed E-state index contributed by atoms with van der Waals surface area (Å²) in [5.41, 5.74) is 0.761. The van der Waals surface area contributed by atoms with Crippen molar-refractivity contribution in [1.82, 2.24) is 20.0 Å². The van der Waals surface area contributed by atoms with Gasteiger partial charge in [0.15, 0.2) is 0 Å². The number of hydrogen-bond donors (Lipinski definition) is 1. The highest BCUT2D eigenvalue weighted by molar-refractivity contribution is 5.86. The third-order valence-electron chi connectivity index (χ3n) is 7.65. The standard InChI is InChI=1S/C28H46N4O3.C4H10.C2H4O2/c1-8-23(28(4,5)22-14-10-9-11-15-22)27(35)29-18-25(33)31(7)24(21(2)3)19-30(6)20-26(34)32-16-12-13-17-32;1-4(2)3;1-4-2-3/h9-11,14-15,21,23-24H,8,12-13,16-20H2,1-7H3,(H,29,35);4H,1-3H3;2H,1H3/t23-,24-;;/m1../s1. The summed E-state index contributed by atoms with van der Waals surface area (Å²) in [4.78, 5) is 53.3. The van der Waals surface area contributed by atoms with Gasteiger partial charge >= 0.3 is 0 Å². The Labute approximate surface area is 261 Å². The van der Waals surface area contributed by atoms with Crippen LogP contribution in [0.3, 0.4) is 0 Å². The molecule has 1 fully saturated rings. The summed E-state index contributed by atoms with van der Waals surface area (Å²) >= 11 is 0. The summed E-state index contributed by atoms with van der Waals surface area (Å²) in [5, 5.41) is 2.90. The number of carbonyl (C=O) groups is 4. The zero-order chi connectivity index (χ0) is 33.2. The lowest BCUT2D eigenvalue weighted by molar-refractivity contribution is -0.136. The summed E-state index contributed by atoms with van der Waals surface area (Å²) in [7, 11) is 5.04. The molecule has 1 N–H and O–H groups in total. The molecule has 0 spiro atoms. The van der Waals surface area contributed by atoms with Gasteiger partial charge in [-0.25, -0.2) is 0 Å². The fourth-order valence-electron chi connectivity index (χ4n) is 5.15. The molecule has 0 unspecified atom stereocenters. The van der Waals surface area contributed by atoms with Crippen molar-refractivity contribution < 1.29 is 23.9 Å². The zero-order valence-corrected chi connectivity index (χ0v) is 28.8. The smallest absolute Gasteiger partial charge is 0.292 e. The molecule has 9 heteroatoms. The molecule has 2 rings (SSSR count). The Morgan fingerprint density at radius 1 is 1.02 bits per heavy atom. The maximum Gasteiger partial charge on any atom is 0.292 e. The Morgan fingerprint density at radius 3 is 1.98 bits per heavy atom. The van der Waals surface area contributed by atoms with Crippen LogP contribution in [0.15, 0.2) is 30.3 Å². The number of benzene rings is 1. The number of likely N-dealkylation sites (N-methyl/N-ethyl adjacent to an activating group) is 2. The molecule has 246 valence electrons. The van der Waals surface area contributed by atoms with Gasteiger partial charge < -0.3 is 19.9 Å². The second-order valence-electron chi connectivity index (χ2n) is 12.9. The number of amides is 3. The van der Waals surface area contributed by atoms with Gasteiger partial charge in [0.1, 0.15) is 0 Å². The maximum atomic E-state index is 13.1. The van der Waals surface area contributed by atoms with E-state index in [1.807, 2.05) is 54.1 Å². The van der Waals surface area contributed by atoms with Crippen LogP contribution in [0, 0.1) is 17.8 Å². The molecule has 3 amide bonds. The third-order valence-corrected chi connectivity index (χ3v) is 7.65. The van der Waals surface area contributed by atoms with Crippen molar-refractivity contribution in [2.24, 2.45) is 17.8 Å². The molecule has 1 aromatic carbocycles. The molecule has 0 bridgehead atoms. The number of methoxy groups -OCH3 is 1. The van der Waals surface area contributed by atoms with Gasteiger partial charge in [0.25, 0.3) is 6.47 Å². The van der Waals surface area contributed by atoms with E-state index >= 15 is 0 Å². The maximum absolute atomic E-state index is 13.1. The van der Waals surface area contributed by atoms with Crippen LogP contribution < -0.4 is 5.32 Å². The van der Waals surface area contributed by atoms with Crippen molar-refractivity contribution in [3.8, 4) is 0 Å². The number of nitrogens with zero attached hydrogens (tertiary/aromatic N) is 3. The minimum Gasteiger partial charge on any atom is -0.471 e. The zero-order valence-electron chi connectivity index (χ0n) is 28.8. The van der Waals surface area contributed by atoms with E-state index in [1.165, 1.54) is 7.11 Å². The lowest BCUT2D eigenvalue weighted by Crippen LogP contribution is -2.52. The molecule has 43 heavy (non-hydrogen) atoms. The summed E-state index contributed by atoms with van der Waals surface area (Å²) in [6.07, 6.45) is 2.84. The quantitative estimate of drug-likeness (QED) is 0.331. The highest BCUT2D eigenvalue weighted by Gasteiger charge is 2.35. The predicted molar refractivity (Wildman–Crippen MR) is 175 cm³/mol. The number of rotatable bonds is 13. The third kappa shape index (κ3) is 14.9. The molecule has 1 saturated heterocycles. The number of nitrogens with one attached hydrogen (secondary N) is 1. The van der Waals surface area contributed by atoms with E-state index in [-0.39, 0.29) is 47.6 Å². The van der Waals surface area contributed by atoms with E-state index in [0.717, 1.165) is 37.4 Å². The molecular formula is C34H60N4O5. The number of ether oxygens (including phenoxy) is 1. The highest BCUT2D eigenvalue weighted by atomic mass is 16.5. The van der Waals surface area contributed by atoms with Gasteiger partial charge in [0.2, 0.25) is 17.7 Å². The minimum atomic E-state index is -0.347. The Balaban J connectivity index is 0.00000195. The average Bonchev–Trinajstić information content (AvgIpc) is 3.50. The fourth-order valence-corrected chi connectivity index (χ4v) is 5.15. The minimum absolute atomic E-state index is 0.0314. The summed E-state index contributed by atoms with van der Waals surface area (Å²) < 4.78 is 3.86. The van der Waals surface area contributed by atoms with Crippen LogP contribution in [0.2, 0.25) is 0 Å². The van der Waals surface area contributed by atoms with Gasteiger partial charge in [-0.2, -0.15) is 0 Å². The van der Waals surface area contributed by atoms with Crippen LogP contribution in [-0.4, -0.2) is 98.9 Å². The molecule has 2 atom stereocenters. The first-order chi connectivity index (χ1) is 20.1. The average molecular weight is 605 g/mol. The van der Waals surface area contributed by atoms with E-state index < -0.39 is 0 Å². The monoisotopic (exact) mass is 604 g/mol. The first-order valence-electron chi connectivity index (χ1n) is 15.6. The van der Waals surface area contributed by atoms with Crippen molar-refractivity contribution in [3.05, 3.63) is 35.9 Å². The van der Waals surface area contributed by atoms with Gasteiger partial charge in [0.05, 0.1) is 20.2 Å². The van der Waals surface area contributed by atoms with Gasteiger partial charge in [0, 0.05) is 44.1 Å². The van der Waals surface area contributed by atoms with Crippen LogP contribution in [0.25, 0.3) is 0 Å². The SMILES string of the molecule is CC(C)C.CC[C@H](C(=O)NCC(=O)N(C)[C@H](CN(C)CC(=O)N1CCCC1)C(C)C)C(C)(C)c1ccccc1.COC=O. The number of hydrogen-bond acceptors (Lipinski definition) is 6. The van der Waals surface area contributed by atoms with Crippen LogP contribution in [-0.2, 0) is 29.3 Å². The topological polar surface area (TPSA) is 99.3 Å². The van der Waals surface area contributed by atoms with Crippen molar-refractivity contribution in [2.45, 2.75) is 86.1 Å². The molecule has 1 aliphatic rings. The van der Waals surface area contributed by atoms with Crippen LogP contribution >= 0.6 is 0 Å². The van der Waals surface area contributed by atoms with Gasteiger partial charge in [-0.3, -0.25) is 24.1 Å². The van der Waals surface area contributed by atoms with Crippen molar-refractivity contribution in [1.29, 1.82) is 0 Å². The normalized spacial score (nSPS) is 14.2. The Bertz CT molecular complexity index is 943.